The Morgan fingerprint density at radius 2 is 1.96 bits per heavy atom. The van der Waals surface area contributed by atoms with Gasteiger partial charge in [-0.15, -0.1) is 0 Å². The van der Waals surface area contributed by atoms with Gasteiger partial charge < -0.3 is 30.4 Å². The Labute approximate surface area is 166 Å². The number of anilines is 1. The summed E-state index contributed by atoms with van der Waals surface area (Å²) in [6.07, 6.45) is 0.681. The molecule has 0 saturated heterocycles. The number of hydrogen-bond donors (Lipinski definition) is 3. The normalized spacial score (nSPS) is 11.4. The van der Waals surface area contributed by atoms with E-state index in [4.69, 9.17) is 20.2 Å². The molecule has 0 aliphatic rings. The number of nitrogens with two attached hydrogens (primary N) is 1. The summed E-state index contributed by atoms with van der Waals surface area (Å²) in [6.45, 7) is 10.4. The van der Waals surface area contributed by atoms with Gasteiger partial charge in [0.15, 0.2) is 5.82 Å². The summed E-state index contributed by atoms with van der Waals surface area (Å²) in [5.41, 5.74) is 9.77. The van der Waals surface area contributed by atoms with Gasteiger partial charge in [-0.25, -0.2) is 14.8 Å². The molecule has 0 aliphatic heterocycles. The van der Waals surface area contributed by atoms with Crippen LogP contribution in [-0.2, 0) is 22.4 Å². The second-order valence-corrected chi connectivity index (χ2v) is 6.99. The van der Waals surface area contributed by atoms with E-state index in [0.29, 0.717) is 45.1 Å². The Balaban J connectivity index is 2.01. The first-order valence-corrected chi connectivity index (χ1v) is 9.58. The molecule has 2 aromatic rings. The summed E-state index contributed by atoms with van der Waals surface area (Å²) in [7, 11) is 1.67. The van der Waals surface area contributed by atoms with Crippen LogP contribution < -0.4 is 16.4 Å². The van der Waals surface area contributed by atoms with Crippen LogP contribution >= 0.6 is 0 Å². The number of urea groups is 1. The molecule has 0 aliphatic carbocycles. The van der Waals surface area contributed by atoms with Gasteiger partial charge in [0.05, 0.1) is 25.3 Å². The lowest BCUT2D eigenvalue weighted by Crippen LogP contribution is -2.40. The van der Waals surface area contributed by atoms with Crippen molar-refractivity contribution in [1.29, 1.82) is 0 Å². The van der Waals surface area contributed by atoms with Crippen LogP contribution in [0, 0.1) is 13.8 Å². The quantitative estimate of drug-likeness (QED) is 0.528. The standard InChI is InChI=1S/C19H32N6O3/c1-12(2)22-19(26)21-7-10-28-11-8-25-15(6-9-27-5)24-16-17(25)13(3)14(4)23-18(16)20/h12H,6-11H2,1-5H3,(H2,20,23)(H2,21,22,26). The van der Waals surface area contributed by atoms with Crippen LogP contribution in [-0.4, -0.2) is 60.1 Å². The van der Waals surface area contributed by atoms with E-state index in [2.05, 4.69) is 20.2 Å². The molecule has 4 N–H and O–H groups in total. The van der Waals surface area contributed by atoms with Crippen LogP contribution in [0.2, 0.25) is 0 Å². The Kier molecular flexibility index (Phi) is 8.01. The Morgan fingerprint density at radius 1 is 1.21 bits per heavy atom. The zero-order chi connectivity index (χ0) is 20.7. The third kappa shape index (κ3) is 5.56. The molecule has 0 spiro atoms. The van der Waals surface area contributed by atoms with Gasteiger partial charge in [-0.05, 0) is 33.3 Å². The number of rotatable bonds is 10. The molecule has 2 rings (SSSR count). The highest BCUT2D eigenvalue weighted by Crippen LogP contribution is 2.26. The number of fused-ring (bicyclic) bond motifs is 1. The number of nitrogen functional groups attached to an aromatic ring is 1. The third-order valence-electron chi connectivity index (χ3n) is 4.42. The zero-order valence-electron chi connectivity index (χ0n) is 17.5. The number of ether oxygens (including phenoxy) is 2. The lowest BCUT2D eigenvalue weighted by Gasteiger charge is -2.13. The average Bonchev–Trinajstić information content (AvgIpc) is 2.99. The Hall–Kier alpha value is -2.39. The van der Waals surface area contributed by atoms with Crippen molar-refractivity contribution in [3.8, 4) is 0 Å². The van der Waals surface area contributed by atoms with Gasteiger partial charge in [0.1, 0.15) is 11.3 Å². The fraction of sp³-hybridized carbons (Fsp3) is 0.632. The number of aryl methyl sites for hydroxylation is 2. The second-order valence-electron chi connectivity index (χ2n) is 6.99. The fourth-order valence-corrected chi connectivity index (χ4v) is 2.98. The zero-order valence-corrected chi connectivity index (χ0v) is 17.5. The lowest BCUT2D eigenvalue weighted by molar-refractivity contribution is 0.128. The van der Waals surface area contributed by atoms with E-state index in [9.17, 15) is 4.79 Å². The molecule has 2 aromatic heterocycles. The van der Waals surface area contributed by atoms with Crippen LogP contribution in [0.25, 0.3) is 11.0 Å². The summed E-state index contributed by atoms with van der Waals surface area (Å²) >= 11 is 0. The maximum Gasteiger partial charge on any atom is 0.315 e. The number of pyridine rings is 1. The first-order valence-electron chi connectivity index (χ1n) is 9.58. The molecule has 9 nitrogen and oxygen atoms in total. The minimum atomic E-state index is -0.185. The first-order chi connectivity index (χ1) is 13.3. The highest BCUT2D eigenvalue weighted by molar-refractivity contribution is 5.88. The van der Waals surface area contributed by atoms with Crippen molar-refractivity contribution >= 4 is 22.9 Å². The molecule has 0 fully saturated rings. The van der Waals surface area contributed by atoms with Gasteiger partial charge in [-0.2, -0.15) is 0 Å². The smallest absolute Gasteiger partial charge is 0.315 e. The predicted octanol–water partition coefficient (Wildman–Crippen LogP) is 1.54. The Morgan fingerprint density at radius 3 is 2.64 bits per heavy atom. The van der Waals surface area contributed by atoms with E-state index >= 15 is 0 Å². The molecule has 28 heavy (non-hydrogen) atoms. The van der Waals surface area contributed by atoms with Crippen molar-refractivity contribution in [2.75, 3.05) is 39.2 Å². The van der Waals surface area contributed by atoms with Crippen LogP contribution in [0.15, 0.2) is 0 Å². The maximum absolute atomic E-state index is 11.5. The number of nitrogens with one attached hydrogen (secondary N) is 2. The first kappa shape index (κ1) is 21.9. The van der Waals surface area contributed by atoms with Crippen LogP contribution in [0.3, 0.4) is 0 Å². The number of carbonyl (C=O) groups is 1. The SMILES string of the molecule is COCCc1nc2c(N)nc(C)c(C)c2n1CCOCCNC(=O)NC(C)C. The van der Waals surface area contributed by atoms with Gasteiger partial charge in [0.2, 0.25) is 0 Å². The number of aromatic nitrogens is 3. The summed E-state index contributed by atoms with van der Waals surface area (Å²) in [5.74, 6) is 1.34. The van der Waals surface area contributed by atoms with Gasteiger partial charge in [-0.3, -0.25) is 0 Å². The number of amides is 2. The number of imidazole rings is 1. The Bertz CT molecular complexity index is 803. The highest BCUT2D eigenvalue weighted by atomic mass is 16.5. The van der Waals surface area contributed by atoms with E-state index < -0.39 is 0 Å². The molecule has 0 atom stereocenters. The molecule has 156 valence electrons. The van der Waals surface area contributed by atoms with Crippen molar-refractivity contribution < 1.29 is 14.3 Å². The van der Waals surface area contributed by atoms with E-state index in [-0.39, 0.29) is 12.1 Å². The van der Waals surface area contributed by atoms with Gasteiger partial charge in [-0.1, -0.05) is 0 Å². The van der Waals surface area contributed by atoms with Crippen LogP contribution in [0.5, 0.6) is 0 Å². The molecule has 0 unspecified atom stereocenters. The van der Waals surface area contributed by atoms with Crippen molar-refractivity contribution in [3.05, 3.63) is 17.1 Å². The van der Waals surface area contributed by atoms with E-state index in [1.54, 1.807) is 7.11 Å². The molecule has 0 aromatic carbocycles. The van der Waals surface area contributed by atoms with Crippen molar-refractivity contribution in [2.24, 2.45) is 0 Å². The molecule has 2 amide bonds. The van der Waals surface area contributed by atoms with Crippen LogP contribution in [0.4, 0.5) is 10.6 Å². The maximum atomic E-state index is 11.5. The molecular weight excluding hydrogens is 360 g/mol. The average molecular weight is 393 g/mol. The fourth-order valence-electron chi connectivity index (χ4n) is 2.98. The summed E-state index contributed by atoms with van der Waals surface area (Å²) in [6, 6.07) is -0.0790. The van der Waals surface area contributed by atoms with E-state index in [1.165, 1.54) is 0 Å². The topological polar surface area (TPSA) is 116 Å². The minimum absolute atomic E-state index is 0.106. The summed E-state index contributed by atoms with van der Waals surface area (Å²) in [4.78, 5) is 20.6. The molecule has 0 saturated carbocycles. The summed E-state index contributed by atoms with van der Waals surface area (Å²) in [5, 5.41) is 5.54. The van der Waals surface area contributed by atoms with Crippen LogP contribution in [0.1, 0.15) is 30.9 Å². The minimum Gasteiger partial charge on any atom is -0.384 e. The lowest BCUT2D eigenvalue weighted by atomic mass is 10.2. The van der Waals surface area contributed by atoms with Crippen molar-refractivity contribution in [1.82, 2.24) is 25.2 Å². The predicted molar refractivity (Wildman–Crippen MR) is 109 cm³/mol. The molecule has 2 heterocycles. The molecular formula is C19H32N6O3. The van der Waals surface area contributed by atoms with Crippen molar-refractivity contribution in [3.63, 3.8) is 0 Å². The number of carbonyl (C=O) groups excluding carboxylic acids is 1. The largest absolute Gasteiger partial charge is 0.384 e. The molecule has 9 heteroatoms. The third-order valence-corrected chi connectivity index (χ3v) is 4.42. The molecule has 0 bridgehead atoms. The number of hydrogen-bond acceptors (Lipinski definition) is 6. The monoisotopic (exact) mass is 392 g/mol. The number of methoxy groups -OCH3 is 1. The number of nitrogens with zero attached hydrogens (tertiary/aromatic N) is 3. The van der Waals surface area contributed by atoms with E-state index in [1.807, 2.05) is 27.7 Å². The van der Waals surface area contributed by atoms with Gasteiger partial charge >= 0.3 is 6.03 Å². The molecule has 0 radical (unpaired) electrons. The van der Waals surface area contributed by atoms with Crippen molar-refractivity contribution in [2.45, 2.75) is 46.7 Å². The highest BCUT2D eigenvalue weighted by Gasteiger charge is 2.17. The van der Waals surface area contributed by atoms with Gasteiger partial charge in [0.25, 0.3) is 0 Å². The second kappa shape index (κ2) is 10.2. The summed E-state index contributed by atoms with van der Waals surface area (Å²) < 4.78 is 13.0. The van der Waals surface area contributed by atoms with Gasteiger partial charge in [0, 0.05) is 38.4 Å². The van der Waals surface area contributed by atoms with E-state index in [0.717, 1.165) is 28.1 Å².